The average molecular weight is 486 g/mol. The van der Waals surface area contributed by atoms with Crippen LogP contribution < -0.4 is 5.32 Å². The lowest BCUT2D eigenvalue weighted by Crippen LogP contribution is -2.42. The molecule has 0 aromatic heterocycles. The lowest BCUT2D eigenvalue weighted by molar-refractivity contribution is -0.130. The molecule has 0 unspecified atom stereocenters. The molecule has 1 atom stereocenters. The van der Waals surface area contributed by atoms with Crippen molar-refractivity contribution in [3.05, 3.63) is 60.2 Å². The SMILES string of the molecule is Cc1ccc(S(=O)(=O)N=C2S[C@H](CC(=O)Nc3ccccc3)C(=O)N2C2CCCCC2)cc1. The predicted molar refractivity (Wildman–Crippen MR) is 131 cm³/mol. The van der Waals surface area contributed by atoms with Gasteiger partial charge in [0.25, 0.3) is 10.0 Å². The standard InChI is InChI=1S/C24H27N3O4S2/c1-17-12-14-20(15-13-17)33(30,31)26-24-27(19-10-6-3-7-11-19)23(29)21(32-24)16-22(28)25-18-8-4-2-5-9-18/h2,4-5,8-9,12-15,19,21H,3,6-7,10-11,16H2,1H3,(H,25,28)/t21-/m1/s1. The molecule has 174 valence electrons. The van der Waals surface area contributed by atoms with E-state index in [1.165, 1.54) is 17.0 Å². The number of para-hydroxylation sites is 1. The minimum Gasteiger partial charge on any atom is -0.326 e. The Kier molecular flexibility index (Phi) is 7.19. The van der Waals surface area contributed by atoms with Crippen molar-refractivity contribution in [1.29, 1.82) is 0 Å². The summed E-state index contributed by atoms with van der Waals surface area (Å²) in [4.78, 5) is 27.5. The largest absolute Gasteiger partial charge is 0.326 e. The number of anilines is 1. The highest BCUT2D eigenvalue weighted by Crippen LogP contribution is 2.36. The molecule has 1 saturated heterocycles. The Balaban J connectivity index is 1.58. The second kappa shape index (κ2) is 10.1. The number of hydrogen-bond acceptors (Lipinski definition) is 5. The maximum Gasteiger partial charge on any atom is 0.284 e. The molecular formula is C24H27N3O4S2. The van der Waals surface area contributed by atoms with E-state index in [-0.39, 0.29) is 34.3 Å². The zero-order valence-electron chi connectivity index (χ0n) is 18.4. The summed E-state index contributed by atoms with van der Waals surface area (Å²) in [6.45, 7) is 1.88. The molecule has 9 heteroatoms. The van der Waals surface area contributed by atoms with Crippen LogP contribution in [0.3, 0.4) is 0 Å². The van der Waals surface area contributed by atoms with E-state index < -0.39 is 15.3 Å². The van der Waals surface area contributed by atoms with E-state index in [2.05, 4.69) is 9.71 Å². The van der Waals surface area contributed by atoms with Gasteiger partial charge in [-0.2, -0.15) is 8.42 Å². The van der Waals surface area contributed by atoms with Crippen LogP contribution in [0.15, 0.2) is 63.9 Å². The Morgan fingerprint density at radius 2 is 1.73 bits per heavy atom. The van der Waals surface area contributed by atoms with Crippen LogP contribution in [-0.2, 0) is 19.6 Å². The van der Waals surface area contributed by atoms with Gasteiger partial charge in [-0.25, -0.2) is 0 Å². The first kappa shape index (κ1) is 23.5. The number of amides is 2. The molecule has 0 bridgehead atoms. The second-order valence-electron chi connectivity index (χ2n) is 8.39. The summed E-state index contributed by atoms with van der Waals surface area (Å²) < 4.78 is 30.1. The number of rotatable bonds is 6. The molecule has 1 N–H and O–H groups in total. The van der Waals surface area contributed by atoms with Crippen molar-refractivity contribution >= 4 is 44.5 Å². The lowest BCUT2D eigenvalue weighted by atomic mass is 9.94. The maximum atomic E-state index is 13.3. The minimum absolute atomic E-state index is 0.0504. The first-order valence-corrected chi connectivity index (χ1v) is 13.4. The molecule has 2 aromatic carbocycles. The highest BCUT2D eigenvalue weighted by molar-refractivity contribution is 8.16. The molecule has 2 amide bonds. The fraction of sp³-hybridized carbons (Fsp3) is 0.375. The third kappa shape index (κ3) is 5.65. The number of nitrogens with one attached hydrogen (secondary N) is 1. The summed E-state index contributed by atoms with van der Waals surface area (Å²) in [6.07, 6.45) is 4.62. The van der Waals surface area contributed by atoms with Crippen molar-refractivity contribution in [3.8, 4) is 0 Å². The van der Waals surface area contributed by atoms with Gasteiger partial charge in [0.1, 0.15) is 5.25 Å². The Morgan fingerprint density at radius 3 is 2.39 bits per heavy atom. The molecule has 0 spiro atoms. The molecule has 4 rings (SSSR count). The third-order valence-electron chi connectivity index (χ3n) is 5.85. The molecule has 2 aliphatic rings. The van der Waals surface area contributed by atoms with Crippen LogP contribution in [0.4, 0.5) is 5.69 Å². The van der Waals surface area contributed by atoms with Crippen LogP contribution >= 0.6 is 11.8 Å². The van der Waals surface area contributed by atoms with Crippen LogP contribution in [0.5, 0.6) is 0 Å². The van der Waals surface area contributed by atoms with Gasteiger partial charge in [-0.15, -0.1) is 4.40 Å². The first-order chi connectivity index (χ1) is 15.8. The summed E-state index contributed by atoms with van der Waals surface area (Å²) in [5.41, 5.74) is 1.60. The molecule has 1 aliphatic heterocycles. The van der Waals surface area contributed by atoms with Crippen molar-refractivity contribution in [2.75, 3.05) is 5.32 Å². The van der Waals surface area contributed by atoms with Crippen molar-refractivity contribution in [2.45, 2.75) is 61.6 Å². The van der Waals surface area contributed by atoms with Gasteiger partial charge in [-0.1, -0.05) is 66.9 Å². The topological polar surface area (TPSA) is 95.9 Å². The molecule has 0 radical (unpaired) electrons. The zero-order valence-corrected chi connectivity index (χ0v) is 20.1. The minimum atomic E-state index is -3.98. The number of nitrogens with zero attached hydrogens (tertiary/aromatic N) is 2. The fourth-order valence-electron chi connectivity index (χ4n) is 4.12. The van der Waals surface area contributed by atoms with E-state index in [9.17, 15) is 18.0 Å². The molecule has 7 nitrogen and oxygen atoms in total. The molecule has 2 fully saturated rings. The summed E-state index contributed by atoms with van der Waals surface area (Å²) in [5.74, 6) is -0.536. The number of amidine groups is 1. The number of hydrogen-bond donors (Lipinski definition) is 1. The second-order valence-corrected chi connectivity index (χ2v) is 11.2. The third-order valence-corrected chi connectivity index (χ3v) is 8.40. The van der Waals surface area contributed by atoms with Crippen LogP contribution in [0, 0.1) is 6.92 Å². The van der Waals surface area contributed by atoms with Gasteiger partial charge >= 0.3 is 0 Å². The summed E-state index contributed by atoms with van der Waals surface area (Å²) in [5, 5.41) is 2.26. The van der Waals surface area contributed by atoms with E-state index in [1.54, 1.807) is 24.3 Å². The molecule has 1 aliphatic carbocycles. The Morgan fingerprint density at radius 1 is 1.06 bits per heavy atom. The number of carbonyl (C=O) groups excluding carboxylic acids is 2. The molecule has 2 aromatic rings. The molecule has 33 heavy (non-hydrogen) atoms. The Hall–Kier alpha value is -2.65. The van der Waals surface area contributed by atoms with E-state index in [1.807, 2.05) is 25.1 Å². The van der Waals surface area contributed by atoms with Gasteiger partial charge in [0.2, 0.25) is 11.8 Å². The van der Waals surface area contributed by atoms with Gasteiger partial charge in [0, 0.05) is 18.2 Å². The summed E-state index contributed by atoms with van der Waals surface area (Å²) in [6, 6.07) is 15.4. The summed E-state index contributed by atoms with van der Waals surface area (Å²) >= 11 is 1.07. The van der Waals surface area contributed by atoms with Crippen LogP contribution in [0.2, 0.25) is 0 Å². The van der Waals surface area contributed by atoms with E-state index in [0.717, 1.165) is 49.4 Å². The van der Waals surface area contributed by atoms with Crippen LogP contribution in [-0.4, -0.2) is 41.6 Å². The van der Waals surface area contributed by atoms with Crippen LogP contribution in [0.25, 0.3) is 0 Å². The Bertz CT molecular complexity index is 1140. The number of thioether (sulfide) groups is 1. The van der Waals surface area contributed by atoms with Gasteiger partial charge in [-0.05, 0) is 44.0 Å². The van der Waals surface area contributed by atoms with Crippen molar-refractivity contribution in [2.24, 2.45) is 4.40 Å². The average Bonchev–Trinajstić information content (AvgIpc) is 3.09. The number of benzene rings is 2. The number of sulfonamides is 1. The first-order valence-electron chi connectivity index (χ1n) is 11.1. The normalized spacial score (nSPS) is 20.9. The predicted octanol–water partition coefficient (Wildman–Crippen LogP) is 4.35. The van der Waals surface area contributed by atoms with Gasteiger partial charge < -0.3 is 5.32 Å². The van der Waals surface area contributed by atoms with E-state index in [0.29, 0.717) is 5.69 Å². The van der Waals surface area contributed by atoms with Crippen molar-refractivity contribution < 1.29 is 18.0 Å². The van der Waals surface area contributed by atoms with Crippen LogP contribution in [0.1, 0.15) is 44.1 Å². The zero-order chi connectivity index (χ0) is 23.4. The van der Waals surface area contributed by atoms with Gasteiger partial charge in [0.15, 0.2) is 5.17 Å². The highest BCUT2D eigenvalue weighted by Gasteiger charge is 2.43. The Labute approximate surface area is 198 Å². The van der Waals surface area contributed by atoms with E-state index >= 15 is 0 Å². The number of aryl methyl sites for hydroxylation is 1. The molecular weight excluding hydrogens is 458 g/mol. The fourth-order valence-corrected chi connectivity index (χ4v) is 6.52. The van der Waals surface area contributed by atoms with E-state index in [4.69, 9.17) is 0 Å². The molecule has 1 saturated carbocycles. The maximum absolute atomic E-state index is 13.3. The van der Waals surface area contributed by atoms with Gasteiger partial charge in [0.05, 0.1) is 4.90 Å². The van der Waals surface area contributed by atoms with Crippen molar-refractivity contribution in [3.63, 3.8) is 0 Å². The lowest BCUT2D eigenvalue weighted by Gasteiger charge is -2.30. The summed E-state index contributed by atoms with van der Waals surface area (Å²) in [7, 11) is -3.98. The van der Waals surface area contributed by atoms with Gasteiger partial charge in [-0.3, -0.25) is 14.5 Å². The quantitative estimate of drug-likeness (QED) is 0.656. The monoisotopic (exact) mass is 485 g/mol. The van der Waals surface area contributed by atoms with Crippen molar-refractivity contribution in [1.82, 2.24) is 4.90 Å². The highest BCUT2D eigenvalue weighted by atomic mass is 32.2. The number of carbonyl (C=O) groups is 2. The smallest absolute Gasteiger partial charge is 0.284 e. The molecule has 1 heterocycles.